The van der Waals surface area contributed by atoms with E-state index in [9.17, 15) is 0 Å². The zero-order valence-corrected chi connectivity index (χ0v) is 15.4. The van der Waals surface area contributed by atoms with Crippen LogP contribution in [-0.2, 0) is 13.1 Å². The van der Waals surface area contributed by atoms with E-state index in [0.29, 0.717) is 0 Å². The summed E-state index contributed by atoms with van der Waals surface area (Å²) in [5.74, 6) is 0. The molecular formula is C23H24N4. The average molecular weight is 356 g/mol. The van der Waals surface area contributed by atoms with Crippen LogP contribution in [0.1, 0.15) is 17.5 Å². The summed E-state index contributed by atoms with van der Waals surface area (Å²) in [5.41, 5.74) is 4.55. The largest absolute Gasteiger partial charge is 0.313 e. The zero-order valence-electron chi connectivity index (χ0n) is 15.4. The molecule has 0 aliphatic carbocycles. The van der Waals surface area contributed by atoms with Crippen LogP contribution >= 0.6 is 0 Å². The fourth-order valence-corrected chi connectivity index (χ4v) is 3.23. The predicted molar refractivity (Wildman–Crippen MR) is 112 cm³/mol. The lowest BCUT2D eigenvalue weighted by Crippen LogP contribution is -2.21. The summed E-state index contributed by atoms with van der Waals surface area (Å²) in [6, 6.07) is 20.9. The second kappa shape index (κ2) is 8.71. The van der Waals surface area contributed by atoms with Gasteiger partial charge in [-0.3, -0.25) is 9.97 Å². The van der Waals surface area contributed by atoms with Crippen molar-refractivity contribution in [2.24, 2.45) is 0 Å². The number of pyridine rings is 2. The highest BCUT2D eigenvalue weighted by Gasteiger charge is 1.99. The maximum absolute atomic E-state index is 4.51. The molecule has 0 fully saturated rings. The molecule has 4 nitrogen and oxygen atoms in total. The molecule has 0 saturated carbocycles. The van der Waals surface area contributed by atoms with Crippen LogP contribution in [0.5, 0.6) is 0 Å². The summed E-state index contributed by atoms with van der Waals surface area (Å²) in [7, 11) is 0. The van der Waals surface area contributed by atoms with Gasteiger partial charge in [-0.2, -0.15) is 0 Å². The second-order valence-corrected chi connectivity index (χ2v) is 6.78. The molecular weight excluding hydrogens is 332 g/mol. The van der Waals surface area contributed by atoms with Gasteiger partial charge in [0.1, 0.15) is 0 Å². The molecule has 0 bridgehead atoms. The molecule has 2 aromatic heterocycles. The number of fused-ring (bicyclic) bond motifs is 2. The number of rotatable bonds is 8. The van der Waals surface area contributed by atoms with Crippen LogP contribution in [0, 0.1) is 0 Å². The number of nitrogens with zero attached hydrogens (tertiary/aromatic N) is 2. The van der Waals surface area contributed by atoms with Crippen molar-refractivity contribution >= 4 is 21.8 Å². The van der Waals surface area contributed by atoms with Crippen LogP contribution in [-0.4, -0.2) is 23.1 Å². The maximum Gasteiger partial charge on any atom is 0.0702 e. The van der Waals surface area contributed by atoms with Gasteiger partial charge in [0.15, 0.2) is 0 Å². The number of para-hydroxylation sites is 2. The van der Waals surface area contributed by atoms with Crippen LogP contribution in [0.25, 0.3) is 21.8 Å². The Balaban J connectivity index is 1.16. The molecule has 0 atom stereocenters. The predicted octanol–water partition coefficient (Wildman–Crippen LogP) is 4.05. The molecule has 0 radical (unpaired) electrons. The van der Waals surface area contributed by atoms with Crippen molar-refractivity contribution in [3.63, 3.8) is 0 Å². The highest BCUT2D eigenvalue weighted by Crippen LogP contribution is 2.13. The van der Waals surface area contributed by atoms with E-state index in [1.807, 2.05) is 36.7 Å². The van der Waals surface area contributed by atoms with E-state index < -0.39 is 0 Å². The molecule has 0 aliphatic heterocycles. The summed E-state index contributed by atoms with van der Waals surface area (Å²) in [5, 5.41) is 9.39. The van der Waals surface area contributed by atoms with Crippen molar-refractivity contribution in [3.05, 3.63) is 84.2 Å². The molecule has 0 unspecified atom stereocenters. The van der Waals surface area contributed by atoms with E-state index in [2.05, 4.69) is 57.0 Å². The van der Waals surface area contributed by atoms with Crippen LogP contribution < -0.4 is 10.6 Å². The summed E-state index contributed by atoms with van der Waals surface area (Å²) >= 11 is 0. The molecule has 27 heavy (non-hydrogen) atoms. The van der Waals surface area contributed by atoms with Crippen molar-refractivity contribution in [1.82, 2.24) is 20.6 Å². The highest BCUT2D eigenvalue weighted by molar-refractivity contribution is 5.79. The summed E-state index contributed by atoms with van der Waals surface area (Å²) in [4.78, 5) is 9.01. The standard InChI is InChI=1S/C23H24N4/c1-3-8-22-20(6-1)12-18(16-26-22)14-24-10-5-11-25-15-19-13-21-7-2-4-9-23(21)27-17-19/h1-4,6-9,12-13,16-17,24-25H,5,10-11,14-15H2. The molecule has 4 rings (SSSR count). The number of nitrogens with one attached hydrogen (secondary N) is 2. The number of hydrogen-bond acceptors (Lipinski definition) is 4. The zero-order chi connectivity index (χ0) is 18.3. The van der Waals surface area contributed by atoms with E-state index in [1.165, 1.54) is 21.9 Å². The Bertz CT molecular complexity index is 945. The number of benzene rings is 2. The molecule has 136 valence electrons. The lowest BCUT2D eigenvalue weighted by molar-refractivity contribution is 0.594. The van der Waals surface area contributed by atoms with E-state index >= 15 is 0 Å². The smallest absolute Gasteiger partial charge is 0.0702 e. The normalized spacial score (nSPS) is 11.3. The van der Waals surface area contributed by atoms with Crippen molar-refractivity contribution in [2.45, 2.75) is 19.5 Å². The topological polar surface area (TPSA) is 49.8 Å². The van der Waals surface area contributed by atoms with Crippen LogP contribution in [0.3, 0.4) is 0 Å². The van der Waals surface area contributed by atoms with Crippen LogP contribution in [0.4, 0.5) is 0 Å². The van der Waals surface area contributed by atoms with E-state index in [-0.39, 0.29) is 0 Å². The van der Waals surface area contributed by atoms with Gasteiger partial charge < -0.3 is 10.6 Å². The summed E-state index contributed by atoms with van der Waals surface area (Å²) < 4.78 is 0. The summed E-state index contributed by atoms with van der Waals surface area (Å²) in [6.45, 7) is 3.67. The first-order chi connectivity index (χ1) is 13.4. The third-order valence-corrected chi connectivity index (χ3v) is 4.66. The first kappa shape index (κ1) is 17.6. The van der Waals surface area contributed by atoms with E-state index in [0.717, 1.165) is 43.6 Å². The minimum Gasteiger partial charge on any atom is -0.313 e. The monoisotopic (exact) mass is 356 g/mol. The molecule has 0 amide bonds. The minimum absolute atomic E-state index is 0.854. The van der Waals surface area contributed by atoms with Crippen molar-refractivity contribution in [2.75, 3.05) is 13.1 Å². The molecule has 0 aliphatic rings. The van der Waals surface area contributed by atoms with Gasteiger partial charge in [0.05, 0.1) is 11.0 Å². The highest BCUT2D eigenvalue weighted by atomic mass is 14.9. The number of aromatic nitrogens is 2. The fourth-order valence-electron chi connectivity index (χ4n) is 3.23. The van der Waals surface area contributed by atoms with Gasteiger partial charge in [0.25, 0.3) is 0 Å². The van der Waals surface area contributed by atoms with Gasteiger partial charge >= 0.3 is 0 Å². The lowest BCUT2D eigenvalue weighted by Gasteiger charge is -2.08. The van der Waals surface area contributed by atoms with Crippen molar-refractivity contribution < 1.29 is 0 Å². The summed E-state index contributed by atoms with van der Waals surface area (Å²) in [6.07, 6.45) is 5.00. The van der Waals surface area contributed by atoms with Gasteiger partial charge in [-0.1, -0.05) is 36.4 Å². The van der Waals surface area contributed by atoms with Gasteiger partial charge in [0, 0.05) is 36.3 Å². The third-order valence-electron chi connectivity index (χ3n) is 4.66. The molecule has 0 spiro atoms. The molecule has 2 aromatic carbocycles. The molecule has 4 aromatic rings. The second-order valence-electron chi connectivity index (χ2n) is 6.78. The van der Waals surface area contributed by atoms with Gasteiger partial charge in [-0.05, 0) is 54.9 Å². The Morgan fingerprint density at radius 1 is 0.630 bits per heavy atom. The van der Waals surface area contributed by atoms with Gasteiger partial charge in [0.2, 0.25) is 0 Å². The Kier molecular flexibility index (Phi) is 5.67. The Morgan fingerprint density at radius 3 is 1.63 bits per heavy atom. The maximum atomic E-state index is 4.51. The molecule has 2 N–H and O–H groups in total. The SMILES string of the molecule is c1ccc2ncc(CNCCCNCc3cnc4ccccc4c3)cc2c1. The van der Waals surface area contributed by atoms with Gasteiger partial charge in [-0.15, -0.1) is 0 Å². The first-order valence-corrected chi connectivity index (χ1v) is 9.47. The Morgan fingerprint density at radius 2 is 1.11 bits per heavy atom. The minimum atomic E-state index is 0.854. The Hall–Kier alpha value is -2.82. The molecule has 4 heteroatoms. The third kappa shape index (κ3) is 4.67. The van der Waals surface area contributed by atoms with Crippen molar-refractivity contribution in [3.8, 4) is 0 Å². The fraction of sp³-hybridized carbons (Fsp3) is 0.217. The number of hydrogen-bond donors (Lipinski definition) is 2. The van der Waals surface area contributed by atoms with Crippen LogP contribution in [0.15, 0.2) is 73.1 Å². The quantitative estimate of drug-likeness (QED) is 0.468. The lowest BCUT2D eigenvalue weighted by atomic mass is 10.1. The van der Waals surface area contributed by atoms with E-state index in [4.69, 9.17) is 0 Å². The average Bonchev–Trinajstić information content (AvgIpc) is 2.73. The Labute approximate surface area is 159 Å². The van der Waals surface area contributed by atoms with Crippen LogP contribution in [0.2, 0.25) is 0 Å². The van der Waals surface area contributed by atoms with Gasteiger partial charge in [-0.25, -0.2) is 0 Å². The first-order valence-electron chi connectivity index (χ1n) is 9.47. The van der Waals surface area contributed by atoms with E-state index in [1.54, 1.807) is 0 Å². The molecule has 2 heterocycles. The molecule has 0 saturated heterocycles. The van der Waals surface area contributed by atoms with Crippen molar-refractivity contribution in [1.29, 1.82) is 0 Å².